The minimum Gasteiger partial charge on any atom is -0.497 e. The van der Waals surface area contributed by atoms with E-state index in [0.717, 1.165) is 30.0 Å². The van der Waals surface area contributed by atoms with Crippen LogP contribution < -0.4 is 10.1 Å². The molecule has 0 unspecified atom stereocenters. The van der Waals surface area contributed by atoms with Gasteiger partial charge in [0.25, 0.3) is 5.91 Å². The zero-order chi connectivity index (χ0) is 20.0. The van der Waals surface area contributed by atoms with Gasteiger partial charge in [-0.1, -0.05) is 0 Å². The van der Waals surface area contributed by atoms with Crippen molar-refractivity contribution in [3.63, 3.8) is 0 Å². The topological polar surface area (TPSA) is 46.5 Å². The van der Waals surface area contributed by atoms with E-state index >= 15 is 0 Å². The van der Waals surface area contributed by atoms with E-state index in [1.807, 2.05) is 17.0 Å². The molecular formula is C23H22FN3O2. The SMILES string of the molecule is COc1ccc2c(c1)NC1(CCN(C(=O)c3ccc(F)cc3)CC1)c1cccn1-2. The first kappa shape index (κ1) is 17.8. The Hall–Kier alpha value is -3.28. The van der Waals surface area contributed by atoms with Crippen LogP contribution in [0.25, 0.3) is 5.69 Å². The molecule has 6 heteroatoms. The van der Waals surface area contributed by atoms with E-state index in [1.165, 1.54) is 17.8 Å². The molecular weight excluding hydrogens is 369 g/mol. The molecule has 5 rings (SSSR count). The quantitative estimate of drug-likeness (QED) is 0.713. The summed E-state index contributed by atoms with van der Waals surface area (Å²) < 4.78 is 20.8. The fraction of sp³-hybridized carbons (Fsp3) is 0.261. The molecule has 3 aromatic rings. The third kappa shape index (κ3) is 2.87. The zero-order valence-electron chi connectivity index (χ0n) is 16.2. The second-order valence-corrected chi connectivity index (χ2v) is 7.65. The summed E-state index contributed by atoms with van der Waals surface area (Å²) in [6.45, 7) is 1.27. The lowest BCUT2D eigenvalue weighted by Crippen LogP contribution is -2.51. The molecule has 2 aliphatic rings. The summed E-state index contributed by atoms with van der Waals surface area (Å²) in [6, 6.07) is 16.0. The van der Waals surface area contributed by atoms with Gasteiger partial charge in [-0.3, -0.25) is 4.79 Å². The number of hydrogen-bond acceptors (Lipinski definition) is 3. The largest absolute Gasteiger partial charge is 0.497 e. The number of fused-ring (bicyclic) bond motifs is 4. The standard InChI is InChI=1S/C23H22FN3O2/c1-29-18-8-9-20-19(15-18)25-23(21-3-2-12-27(20)21)10-13-26(14-11-23)22(28)16-4-6-17(24)7-5-16/h2-9,12,15,25H,10-11,13-14H2,1H3. The zero-order valence-corrected chi connectivity index (χ0v) is 16.2. The van der Waals surface area contributed by atoms with Gasteiger partial charge in [-0.15, -0.1) is 0 Å². The van der Waals surface area contributed by atoms with Gasteiger partial charge in [0.1, 0.15) is 11.6 Å². The highest BCUT2D eigenvalue weighted by Gasteiger charge is 2.42. The highest BCUT2D eigenvalue weighted by molar-refractivity contribution is 5.94. The molecule has 0 radical (unpaired) electrons. The number of nitrogens with zero attached hydrogens (tertiary/aromatic N) is 2. The third-order valence-electron chi connectivity index (χ3n) is 6.07. The minimum absolute atomic E-state index is 0.0480. The van der Waals surface area contributed by atoms with E-state index in [2.05, 4.69) is 34.3 Å². The summed E-state index contributed by atoms with van der Waals surface area (Å²) in [6.07, 6.45) is 3.67. The van der Waals surface area contributed by atoms with Crippen molar-refractivity contribution in [2.24, 2.45) is 0 Å². The average molecular weight is 391 g/mol. The predicted molar refractivity (Wildman–Crippen MR) is 109 cm³/mol. The van der Waals surface area contributed by atoms with E-state index in [0.29, 0.717) is 18.7 Å². The monoisotopic (exact) mass is 391 g/mol. The Morgan fingerprint density at radius 2 is 1.86 bits per heavy atom. The first-order valence-electron chi connectivity index (χ1n) is 9.79. The Morgan fingerprint density at radius 3 is 2.59 bits per heavy atom. The van der Waals surface area contributed by atoms with E-state index in [4.69, 9.17) is 4.74 Å². The van der Waals surface area contributed by atoms with Crippen molar-refractivity contribution in [2.45, 2.75) is 18.4 Å². The first-order valence-corrected chi connectivity index (χ1v) is 9.79. The highest BCUT2D eigenvalue weighted by atomic mass is 19.1. The van der Waals surface area contributed by atoms with Crippen molar-refractivity contribution in [1.82, 2.24) is 9.47 Å². The number of likely N-dealkylation sites (tertiary alicyclic amines) is 1. The van der Waals surface area contributed by atoms with Crippen molar-refractivity contribution >= 4 is 11.6 Å². The Bertz CT molecular complexity index is 1070. The maximum Gasteiger partial charge on any atom is 0.253 e. The summed E-state index contributed by atoms with van der Waals surface area (Å²) in [5.74, 6) is 0.430. The second-order valence-electron chi connectivity index (χ2n) is 7.65. The molecule has 5 nitrogen and oxygen atoms in total. The molecule has 0 bridgehead atoms. The molecule has 3 heterocycles. The lowest BCUT2D eigenvalue weighted by molar-refractivity contribution is 0.0676. The molecule has 148 valence electrons. The first-order chi connectivity index (χ1) is 14.1. The summed E-state index contributed by atoms with van der Waals surface area (Å²) in [4.78, 5) is 14.7. The van der Waals surface area contributed by atoms with Crippen LogP contribution >= 0.6 is 0 Å². The van der Waals surface area contributed by atoms with Crippen molar-refractivity contribution in [3.8, 4) is 11.4 Å². The minimum atomic E-state index is -0.333. The smallest absolute Gasteiger partial charge is 0.253 e. The number of carbonyl (C=O) groups is 1. The number of halogens is 1. The number of nitrogens with one attached hydrogen (secondary N) is 1. The average Bonchev–Trinajstić information content (AvgIpc) is 3.25. The lowest BCUT2D eigenvalue weighted by Gasteiger charge is -2.46. The molecule has 1 amide bonds. The van der Waals surface area contributed by atoms with Gasteiger partial charge < -0.3 is 19.5 Å². The number of rotatable bonds is 2. The fourth-order valence-corrected chi connectivity index (χ4v) is 4.50. The Morgan fingerprint density at radius 1 is 1.10 bits per heavy atom. The number of piperidine rings is 1. The van der Waals surface area contributed by atoms with Crippen LogP contribution in [-0.2, 0) is 5.54 Å². The van der Waals surface area contributed by atoms with Gasteiger partial charge in [0.05, 0.1) is 24.0 Å². The Labute approximate surface area is 168 Å². The van der Waals surface area contributed by atoms with Crippen LogP contribution in [0.5, 0.6) is 5.75 Å². The number of anilines is 1. The summed E-state index contributed by atoms with van der Waals surface area (Å²) >= 11 is 0. The third-order valence-corrected chi connectivity index (χ3v) is 6.07. The summed E-state index contributed by atoms with van der Waals surface area (Å²) in [7, 11) is 1.67. The van der Waals surface area contributed by atoms with Crippen LogP contribution in [0, 0.1) is 5.82 Å². The number of aromatic nitrogens is 1. The van der Waals surface area contributed by atoms with Crippen molar-refractivity contribution in [1.29, 1.82) is 0 Å². The maximum atomic E-state index is 13.2. The fourth-order valence-electron chi connectivity index (χ4n) is 4.50. The Balaban J connectivity index is 1.41. The number of benzene rings is 2. The van der Waals surface area contributed by atoms with Crippen LogP contribution in [-0.4, -0.2) is 35.6 Å². The number of methoxy groups -OCH3 is 1. The maximum absolute atomic E-state index is 13.2. The van der Waals surface area contributed by atoms with Crippen LogP contribution in [0.2, 0.25) is 0 Å². The van der Waals surface area contributed by atoms with E-state index in [-0.39, 0.29) is 17.3 Å². The molecule has 29 heavy (non-hydrogen) atoms. The second kappa shape index (κ2) is 6.65. The van der Waals surface area contributed by atoms with Crippen LogP contribution in [0.15, 0.2) is 60.8 Å². The van der Waals surface area contributed by atoms with Gasteiger partial charge in [0.2, 0.25) is 0 Å². The summed E-state index contributed by atoms with van der Waals surface area (Å²) in [5.41, 5.74) is 3.64. The molecule has 1 spiro atoms. The molecule has 0 saturated carbocycles. The van der Waals surface area contributed by atoms with Gasteiger partial charge in [-0.2, -0.15) is 0 Å². The Kier molecular flexibility index (Phi) is 4.08. The van der Waals surface area contributed by atoms with Gasteiger partial charge in [-0.25, -0.2) is 4.39 Å². The number of ether oxygens (including phenoxy) is 1. The van der Waals surface area contributed by atoms with Crippen molar-refractivity contribution < 1.29 is 13.9 Å². The van der Waals surface area contributed by atoms with Gasteiger partial charge in [-0.05, 0) is 61.4 Å². The molecule has 0 atom stereocenters. The highest BCUT2D eigenvalue weighted by Crippen LogP contribution is 2.44. The molecule has 1 aromatic heterocycles. The normalized spacial score (nSPS) is 16.7. The predicted octanol–water partition coefficient (Wildman–Crippen LogP) is 4.18. The van der Waals surface area contributed by atoms with Gasteiger partial charge in [0, 0.05) is 36.6 Å². The molecule has 1 saturated heterocycles. The molecule has 0 aliphatic carbocycles. The number of hydrogen-bond donors (Lipinski definition) is 1. The van der Waals surface area contributed by atoms with Gasteiger partial charge in [0.15, 0.2) is 0 Å². The number of amides is 1. The van der Waals surface area contributed by atoms with E-state index in [1.54, 1.807) is 19.2 Å². The molecule has 2 aromatic carbocycles. The van der Waals surface area contributed by atoms with Crippen LogP contribution in [0.4, 0.5) is 10.1 Å². The molecule has 1 fully saturated rings. The van der Waals surface area contributed by atoms with E-state index < -0.39 is 0 Å². The van der Waals surface area contributed by atoms with Crippen LogP contribution in [0.1, 0.15) is 28.9 Å². The lowest BCUT2D eigenvalue weighted by atomic mass is 9.82. The molecule has 2 aliphatic heterocycles. The number of carbonyl (C=O) groups excluding carboxylic acids is 1. The summed E-state index contributed by atoms with van der Waals surface area (Å²) in [5, 5.41) is 3.75. The van der Waals surface area contributed by atoms with E-state index in [9.17, 15) is 9.18 Å². The van der Waals surface area contributed by atoms with Crippen molar-refractivity contribution in [2.75, 3.05) is 25.5 Å². The molecule has 1 N–H and O–H groups in total. The van der Waals surface area contributed by atoms with Gasteiger partial charge >= 0.3 is 0 Å². The van der Waals surface area contributed by atoms with Crippen LogP contribution in [0.3, 0.4) is 0 Å². The van der Waals surface area contributed by atoms with Crippen molar-refractivity contribution in [3.05, 3.63) is 77.9 Å².